The van der Waals surface area contributed by atoms with Crippen molar-refractivity contribution >= 4 is 49.0 Å². The lowest BCUT2D eigenvalue weighted by molar-refractivity contribution is 0.166. The molecule has 0 saturated carbocycles. The number of halogens is 1. The zero-order chi connectivity index (χ0) is 25.7. The lowest BCUT2D eigenvalue weighted by atomic mass is 9.97. The van der Waals surface area contributed by atoms with Gasteiger partial charge in [-0.2, -0.15) is 0 Å². The van der Waals surface area contributed by atoms with Gasteiger partial charge in [0.25, 0.3) is 0 Å². The van der Waals surface area contributed by atoms with Crippen molar-refractivity contribution in [2.45, 2.75) is 22.6 Å². The molecule has 1 heterocycles. The topological polar surface area (TPSA) is 123 Å². The van der Waals surface area contributed by atoms with Crippen molar-refractivity contribution in [1.82, 2.24) is 4.90 Å². The van der Waals surface area contributed by atoms with E-state index in [0.717, 1.165) is 30.4 Å². The fourth-order valence-electron chi connectivity index (χ4n) is 4.03. The summed E-state index contributed by atoms with van der Waals surface area (Å²) in [6, 6.07) is 19.0. The SMILES string of the molecule is N=C(c1cccc(NC(=O)Nc2ccc(S(=O)(=O)c3ccc(Br)cc3)cc2)c1)N1CCC(CO)CC1. The number of hydrogen-bond acceptors (Lipinski definition) is 5. The highest BCUT2D eigenvalue weighted by molar-refractivity contribution is 9.10. The van der Waals surface area contributed by atoms with Crippen molar-refractivity contribution in [3.63, 3.8) is 0 Å². The van der Waals surface area contributed by atoms with Crippen molar-refractivity contribution in [2.24, 2.45) is 5.92 Å². The van der Waals surface area contributed by atoms with E-state index in [-0.39, 0.29) is 16.4 Å². The smallest absolute Gasteiger partial charge is 0.323 e. The molecule has 2 amide bonds. The average molecular weight is 571 g/mol. The fourth-order valence-corrected chi connectivity index (χ4v) is 5.55. The van der Waals surface area contributed by atoms with E-state index in [1.807, 2.05) is 11.0 Å². The molecule has 36 heavy (non-hydrogen) atoms. The molecule has 8 nitrogen and oxygen atoms in total. The van der Waals surface area contributed by atoms with Gasteiger partial charge in [0.1, 0.15) is 5.84 Å². The Morgan fingerprint density at radius 2 is 1.53 bits per heavy atom. The first-order chi connectivity index (χ1) is 17.3. The van der Waals surface area contributed by atoms with Gasteiger partial charge in [-0.1, -0.05) is 28.1 Å². The van der Waals surface area contributed by atoms with Crippen molar-refractivity contribution in [1.29, 1.82) is 5.41 Å². The first kappa shape index (κ1) is 25.9. The summed E-state index contributed by atoms with van der Waals surface area (Å²) in [4.78, 5) is 14.8. The van der Waals surface area contributed by atoms with Gasteiger partial charge in [0, 0.05) is 41.1 Å². The van der Waals surface area contributed by atoms with Crippen LogP contribution in [0.15, 0.2) is 87.1 Å². The molecule has 0 aliphatic carbocycles. The minimum atomic E-state index is -3.66. The summed E-state index contributed by atoms with van der Waals surface area (Å²) in [6.07, 6.45) is 1.70. The lowest BCUT2D eigenvalue weighted by Crippen LogP contribution is -2.39. The molecule has 0 radical (unpaired) electrons. The second-order valence-electron chi connectivity index (χ2n) is 8.60. The number of aliphatic hydroxyl groups excluding tert-OH is 1. The standard InChI is InChI=1S/C26H27BrN4O4S/c27-20-4-8-23(9-5-20)36(34,35)24-10-6-21(7-11-24)29-26(33)30-22-3-1-2-19(16-22)25(28)31-14-12-18(17-32)13-15-31/h1-11,16,18,28,32H,12-15,17H2,(H2,29,30,33). The van der Waals surface area contributed by atoms with Gasteiger partial charge in [-0.25, -0.2) is 13.2 Å². The predicted octanol–water partition coefficient (Wildman–Crippen LogP) is 4.96. The number of amides is 2. The fraction of sp³-hybridized carbons (Fsp3) is 0.231. The average Bonchev–Trinajstić information content (AvgIpc) is 2.89. The van der Waals surface area contributed by atoms with Crippen LogP contribution in [0.25, 0.3) is 0 Å². The minimum Gasteiger partial charge on any atom is -0.396 e. The molecule has 4 N–H and O–H groups in total. The normalized spacial score (nSPS) is 14.3. The molecule has 1 fully saturated rings. The number of benzene rings is 3. The molecule has 1 aliphatic heterocycles. The molecule has 10 heteroatoms. The van der Waals surface area contributed by atoms with E-state index in [1.54, 1.807) is 30.3 Å². The number of likely N-dealkylation sites (tertiary alicyclic amines) is 1. The third kappa shape index (κ3) is 6.13. The predicted molar refractivity (Wildman–Crippen MR) is 143 cm³/mol. The van der Waals surface area contributed by atoms with Gasteiger partial charge in [-0.05, 0) is 79.4 Å². The maximum atomic E-state index is 12.8. The Balaban J connectivity index is 1.37. The summed E-state index contributed by atoms with van der Waals surface area (Å²) in [5.74, 6) is 0.679. The van der Waals surface area contributed by atoms with Crippen molar-refractivity contribution in [2.75, 3.05) is 30.3 Å². The van der Waals surface area contributed by atoms with Gasteiger partial charge in [-0.15, -0.1) is 0 Å². The van der Waals surface area contributed by atoms with E-state index in [4.69, 9.17) is 5.41 Å². The Morgan fingerprint density at radius 1 is 0.944 bits per heavy atom. The minimum absolute atomic E-state index is 0.130. The van der Waals surface area contributed by atoms with Gasteiger partial charge in [0.15, 0.2) is 0 Å². The summed E-state index contributed by atoms with van der Waals surface area (Å²) in [7, 11) is -3.66. The van der Waals surface area contributed by atoms with Crippen LogP contribution in [-0.2, 0) is 9.84 Å². The summed E-state index contributed by atoms with van der Waals surface area (Å²) >= 11 is 3.30. The molecule has 0 bridgehead atoms. The number of rotatable bonds is 6. The zero-order valence-corrected chi connectivity index (χ0v) is 21.8. The molecule has 0 spiro atoms. The molecular weight excluding hydrogens is 544 g/mol. The van der Waals surface area contributed by atoms with Gasteiger partial charge < -0.3 is 20.6 Å². The summed E-state index contributed by atoms with van der Waals surface area (Å²) < 4.78 is 26.4. The Bertz CT molecular complexity index is 1340. The molecule has 3 aromatic rings. The van der Waals surface area contributed by atoms with Crippen LogP contribution >= 0.6 is 15.9 Å². The lowest BCUT2D eigenvalue weighted by Gasteiger charge is -2.33. The van der Waals surface area contributed by atoms with E-state index in [9.17, 15) is 18.3 Å². The number of piperidine rings is 1. The number of amidine groups is 1. The quantitative estimate of drug-likeness (QED) is 0.246. The number of anilines is 2. The summed E-state index contributed by atoms with van der Waals surface area (Å²) in [6.45, 7) is 1.62. The molecule has 1 saturated heterocycles. The molecule has 0 atom stereocenters. The van der Waals surface area contributed by atoms with Gasteiger partial charge >= 0.3 is 6.03 Å². The highest BCUT2D eigenvalue weighted by Crippen LogP contribution is 2.24. The number of nitrogens with one attached hydrogen (secondary N) is 3. The molecule has 3 aromatic carbocycles. The highest BCUT2D eigenvalue weighted by Gasteiger charge is 2.21. The maximum Gasteiger partial charge on any atom is 0.323 e. The first-order valence-electron chi connectivity index (χ1n) is 11.5. The summed E-state index contributed by atoms with van der Waals surface area (Å²) in [5, 5.41) is 23.3. The van der Waals surface area contributed by atoms with E-state index in [0.29, 0.717) is 28.7 Å². The number of hydrogen-bond donors (Lipinski definition) is 4. The van der Waals surface area contributed by atoms with Crippen LogP contribution in [0.1, 0.15) is 18.4 Å². The van der Waals surface area contributed by atoms with Gasteiger partial charge in [0.05, 0.1) is 9.79 Å². The highest BCUT2D eigenvalue weighted by atomic mass is 79.9. The van der Waals surface area contributed by atoms with E-state index in [1.165, 1.54) is 36.4 Å². The Kier molecular flexibility index (Phi) is 8.07. The second-order valence-corrected chi connectivity index (χ2v) is 11.5. The van der Waals surface area contributed by atoms with Crippen LogP contribution in [0.4, 0.5) is 16.2 Å². The van der Waals surface area contributed by atoms with E-state index >= 15 is 0 Å². The van der Waals surface area contributed by atoms with Crippen molar-refractivity contribution in [3.8, 4) is 0 Å². The van der Waals surface area contributed by atoms with Gasteiger partial charge in [0.2, 0.25) is 9.84 Å². The Hall–Kier alpha value is -3.21. The van der Waals surface area contributed by atoms with Crippen LogP contribution in [0.3, 0.4) is 0 Å². The Labute approximate surface area is 218 Å². The number of nitrogens with zero attached hydrogens (tertiary/aromatic N) is 1. The summed E-state index contributed by atoms with van der Waals surface area (Å²) in [5.41, 5.74) is 1.67. The molecule has 188 valence electrons. The molecule has 4 rings (SSSR count). The number of carbonyl (C=O) groups is 1. The molecule has 1 aliphatic rings. The monoisotopic (exact) mass is 570 g/mol. The zero-order valence-electron chi connectivity index (χ0n) is 19.4. The maximum absolute atomic E-state index is 12.8. The number of urea groups is 1. The molecule has 0 aromatic heterocycles. The Morgan fingerprint density at radius 3 is 2.14 bits per heavy atom. The number of carbonyl (C=O) groups excluding carboxylic acids is 1. The van der Waals surface area contributed by atoms with Crippen molar-refractivity contribution in [3.05, 3.63) is 82.8 Å². The number of aliphatic hydroxyl groups is 1. The third-order valence-corrected chi connectivity index (χ3v) is 8.44. The first-order valence-corrected chi connectivity index (χ1v) is 13.8. The van der Waals surface area contributed by atoms with Crippen LogP contribution in [0.5, 0.6) is 0 Å². The second kappa shape index (κ2) is 11.2. The van der Waals surface area contributed by atoms with Crippen LogP contribution in [0.2, 0.25) is 0 Å². The van der Waals surface area contributed by atoms with Crippen molar-refractivity contribution < 1.29 is 18.3 Å². The molecule has 0 unspecified atom stereocenters. The van der Waals surface area contributed by atoms with Crippen LogP contribution in [-0.4, -0.2) is 50.0 Å². The number of sulfone groups is 1. The third-order valence-electron chi connectivity index (χ3n) is 6.13. The molecular formula is C26H27BrN4O4S. The van der Waals surface area contributed by atoms with E-state index < -0.39 is 15.9 Å². The largest absolute Gasteiger partial charge is 0.396 e. The van der Waals surface area contributed by atoms with Crippen LogP contribution in [0, 0.1) is 11.3 Å². The van der Waals surface area contributed by atoms with Gasteiger partial charge in [-0.3, -0.25) is 5.41 Å². The van der Waals surface area contributed by atoms with E-state index in [2.05, 4.69) is 26.6 Å². The van der Waals surface area contributed by atoms with Crippen LogP contribution < -0.4 is 10.6 Å².